The molecule has 1 rings (SSSR count). The number of amides is 1. The Morgan fingerprint density at radius 1 is 1.32 bits per heavy atom. The Morgan fingerprint density at radius 2 is 1.95 bits per heavy atom. The molecule has 19 heavy (non-hydrogen) atoms. The molecule has 1 N–H and O–H groups in total. The Hall–Kier alpha value is -1.91. The van der Waals surface area contributed by atoms with Crippen molar-refractivity contribution in [3.63, 3.8) is 0 Å². The highest BCUT2D eigenvalue weighted by Gasteiger charge is 2.15. The van der Waals surface area contributed by atoms with E-state index in [1.54, 1.807) is 0 Å². The minimum Gasteiger partial charge on any atom is -0.483 e. The third-order valence-electron chi connectivity index (χ3n) is 2.19. The van der Waals surface area contributed by atoms with Crippen LogP contribution in [0.2, 0.25) is 0 Å². The Morgan fingerprint density at radius 3 is 2.47 bits per heavy atom. The summed E-state index contributed by atoms with van der Waals surface area (Å²) in [5.41, 5.74) is -0.226. The van der Waals surface area contributed by atoms with E-state index in [-0.39, 0.29) is 35.1 Å². The Balaban J connectivity index is 2.73. The first-order valence-electron chi connectivity index (χ1n) is 5.93. The summed E-state index contributed by atoms with van der Waals surface area (Å²) in [4.78, 5) is 22.9. The smallest absolute Gasteiger partial charge is 0.258 e. The molecule has 0 radical (unpaired) electrons. The molecule has 0 aromatic heterocycles. The highest BCUT2D eigenvalue weighted by Crippen LogP contribution is 2.20. The van der Waals surface area contributed by atoms with Gasteiger partial charge in [-0.3, -0.25) is 9.59 Å². The summed E-state index contributed by atoms with van der Waals surface area (Å²) in [7, 11) is 0. The second kappa shape index (κ2) is 5.82. The molecule has 0 spiro atoms. The van der Waals surface area contributed by atoms with E-state index in [1.807, 2.05) is 20.8 Å². The molecule has 1 aromatic carbocycles. The molecule has 0 saturated heterocycles. The quantitative estimate of drug-likeness (QED) is 0.852. The van der Waals surface area contributed by atoms with E-state index in [9.17, 15) is 14.0 Å². The third kappa shape index (κ3) is 5.07. The Labute approximate surface area is 112 Å². The average molecular weight is 267 g/mol. The summed E-state index contributed by atoms with van der Waals surface area (Å²) in [5, 5.41) is 2.73. The molecular weight excluding hydrogens is 249 g/mol. The van der Waals surface area contributed by atoms with Gasteiger partial charge >= 0.3 is 0 Å². The van der Waals surface area contributed by atoms with Gasteiger partial charge in [0.15, 0.2) is 12.4 Å². The summed E-state index contributed by atoms with van der Waals surface area (Å²) in [6, 6.07) is 3.62. The van der Waals surface area contributed by atoms with Crippen LogP contribution in [0.3, 0.4) is 0 Å². The summed E-state index contributed by atoms with van der Waals surface area (Å²) in [6.45, 7) is 6.65. The number of rotatable bonds is 4. The van der Waals surface area contributed by atoms with Gasteiger partial charge in [0.2, 0.25) is 0 Å². The van der Waals surface area contributed by atoms with Gasteiger partial charge in [-0.2, -0.15) is 0 Å². The zero-order valence-electron chi connectivity index (χ0n) is 11.5. The molecule has 1 aromatic rings. The minimum atomic E-state index is -0.517. The van der Waals surface area contributed by atoms with E-state index in [0.717, 1.165) is 6.07 Å². The van der Waals surface area contributed by atoms with Gasteiger partial charge in [0.25, 0.3) is 5.91 Å². The molecule has 4 nitrogen and oxygen atoms in total. The lowest BCUT2D eigenvalue weighted by atomic mass is 10.1. The lowest BCUT2D eigenvalue weighted by Crippen LogP contribution is -2.43. The largest absolute Gasteiger partial charge is 0.483 e. The molecule has 0 aliphatic carbocycles. The van der Waals surface area contributed by atoms with Crippen molar-refractivity contribution < 1.29 is 18.7 Å². The fourth-order valence-corrected chi connectivity index (χ4v) is 1.50. The summed E-state index contributed by atoms with van der Waals surface area (Å²) in [6.07, 6.45) is 0. The van der Waals surface area contributed by atoms with Crippen LogP contribution >= 0.6 is 0 Å². The highest BCUT2D eigenvalue weighted by molar-refractivity contribution is 5.96. The first-order chi connectivity index (χ1) is 8.69. The van der Waals surface area contributed by atoms with Crippen molar-refractivity contribution in [2.75, 3.05) is 6.61 Å². The first kappa shape index (κ1) is 15.1. The summed E-state index contributed by atoms with van der Waals surface area (Å²) < 4.78 is 18.3. The summed E-state index contributed by atoms with van der Waals surface area (Å²) in [5.74, 6) is -0.924. The number of hydrogen-bond donors (Lipinski definition) is 1. The van der Waals surface area contributed by atoms with Gasteiger partial charge in [-0.05, 0) is 45.9 Å². The fourth-order valence-electron chi connectivity index (χ4n) is 1.50. The molecule has 0 heterocycles. The molecule has 0 fully saturated rings. The lowest BCUT2D eigenvalue weighted by Gasteiger charge is -2.20. The van der Waals surface area contributed by atoms with E-state index < -0.39 is 5.82 Å². The number of halogens is 1. The molecule has 1 amide bonds. The monoisotopic (exact) mass is 267 g/mol. The van der Waals surface area contributed by atoms with Crippen molar-refractivity contribution in [1.82, 2.24) is 5.32 Å². The lowest BCUT2D eigenvalue weighted by molar-refractivity contribution is -0.124. The standard InChI is InChI=1S/C14H18FNO3/c1-9(17)11-7-10(15)5-6-12(11)19-8-13(18)16-14(2,3)4/h5-7H,8H2,1-4H3,(H,16,18). The van der Waals surface area contributed by atoms with Crippen LogP contribution < -0.4 is 10.1 Å². The van der Waals surface area contributed by atoms with Crippen LogP contribution in [-0.2, 0) is 4.79 Å². The number of carbonyl (C=O) groups excluding carboxylic acids is 2. The normalized spacial score (nSPS) is 11.0. The maximum atomic E-state index is 13.0. The predicted molar refractivity (Wildman–Crippen MR) is 69.8 cm³/mol. The van der Waals surface area contributed by atoms with Crippen LogP contribution in [0.1, 0.15) is 38.1 Å². The molecule has 5 heteroatoms. The molecule has 0 bridgehead atoms. The van der Waals surface area contributed by atoms with Gasteiger partial charge in [0.1, 0.15) is 11.6 Å². The second-order valence-electron chi connectivity index (χ2n) is 5.28. The van der Waals surface area contributed by atoms with E-state index in [0.29, 0.717) is 0 Å². The van der Waals surface area contributed by atoms with Crippen molar-refractivity contribution in [3.05, 3.63) is 29.6 Å². The zero-order chi connectivity index (χ0) is 14.6. The van der Waals surface area contributed by atoms with Crippen molar-refractivity contribution in [3.8, 4) is 5.75 Å². The van der Waals surface area contributed by atoms with Gasteiger partial charge in [-0.1, -0.05) is 0 Å². The molecule has 0 aliphatic rings. The van der Waals surface area contributed by atoms with Gasteiger partial charge in [-0.25, -0.2) is 4.39 Å². The maximum Gasteiger partial charge on any atom is 0.258 e. The fraction of sp³-hybridized carbons (Fsp3) is 0.429. The number of ketones is 1. The number of hydrogen-bond acceptors (Lipinski definition) is 3. The van der Waals surface area contributed by atoms with Gasteiger partial charge in [-0.15, -0.1) is 0 Å². The SMILES string of the molecule is CC(=O)c1cc(F)ccc1OCC(=O)NC(C)(C)C. The maximum absolute atomic E-state index is 13.0. The van der Waals surface area contributed by atoms with Gasteiger partial charge in [0, 0.05) is 5.54 Å². The number of ether oxygens (including phenoxy) is 1. The number of carbonyl (C=O) groups is 2. The predicted octanol–water partition coefficient (Wildman–Crippen LogP) is 2.32. The first-order valence-corrected chi connectivity index (χ1v) is 5.93. The molecule has 0 atom stereocenters. The van der Waals surface area contributed by atoms with E-state index in [1.165, 1.54) is 19.1 Å². The van der Waals surface area contributed by atoms with Crippen LogP contribution in [0, 0.1) is 5.82 Å². The number of Topliss-reactive ketones (excluding diaryl/α,β-unsaturated/α-hetero) is 1. The van der Waals surface area contributed by atoms with Crippen molar-refractivity contribution in [2.45, 2.75) is 33.2 Å². The second-order valence-corrected chi connectivity index (χ2v) is 5.28. The van der Waals surface area contributed by atoms with Crippen LogP contribution in [0.4, 0.5) is 4.39 Å². The summed E-state index contributed by atoms with van der Waals surface area (Å²) >= 11 is 0. The van der Waals surface area contributed by atoms with Gasteiger partial charge < -0.3 is 10.1 Å². The van der Waals surface area contributed by atoms with E-state index in [4.69, 9.17) is 4.74 Å². The molecule has 104 valence electrons. The van der Waals surface area contributed by atoms with Gasteiger partial charge in [0.05, 0.1) is 5.56 Å². The van der Waals surface area contributed by atoms with Crippen molar-refractivity contribution >= 4 is 11.7 Å². The Bertz CT molecular complexity index is 492. The number of benzene rings is 1. The molecule has 0 unspecified atom stereocenters. The minimum absolute atomic E-state index is 0.128. The Kier molecular flexibility index (Phi) is 4.64. The molecular formula is C14H18FNO3. The van der Waals surface area contributed by atoms with Crippen LogP contribution in [-0.4, -0.2) is 23.8 Å². The zero-order valence-corrected chi connectivity index (χ0v) is 11.5. The molecule has 0 aliphatic heterocycles. The van der Waals surface area contributed by atoms with E-state index >= 15 is 0 Å². The van der Waals surface area contributed by atoms with Crippen LogP contribution in [0.15, 0.2) is 18.2 Å². The van der Waals surface area contributed by atoms with E-state index in [2.05, 4.69) is 5.32 Å². The average Bonchev–Trinajstić information content (AvgIpc) is 2.24. The van der Waals surface area contributed by atoms with Crippen molar-refractivity contribution in [1.29, 1.82) is 0 Å². The topological polar surface area (TPSA) is 55.4 Å². The van der Waals surface area contributed by atoms with Crippen LogP contribution in [0.5, 0.6) is 5.75 Å². The number of nitrogens with one attached hydrogen (secondary N) is 1. The van der Waals surface area contributed by atoms with Crippen LogP contribution in [0.25, 0.3) is 0 Å². The molecule has 0 saturated carbocycles. The highest BCUT2D eigenvalue weighted by atomic mass is 19.1. The van der Waals surface area contributed by atoms with Crippen molar-refractivity contribution in [2.24, 2.45) is 0 Å². The third-order valence-corrected chi connectivity index (χ3v) is 2.19.